The van der Waals surface area contributed by atoms with Gasteiger partial charge in [-0.15, -0.1) is 0 Å². The van der Waals surface area contributed by atoms with Crippen LogP contribution in [0.3, 0.4) is 0 Å². The third-order valence-corrected chi connectivity index (χ3v) is 6.37. The molecule has 0 bridgehead atoms. The molecule has 7 nitrogen and oxygen atoms in total. The number of aryl methyl sites for hydroxylation is 1. The molecule has 0 saturated carbocycles. The quantitative estimate of drug-likeness (QED) is 0.590. The predicted octanol–water partition coefficient (Wildman–Crippen LogP) is 3.04. The van der Waals surface area contributed by atoms with Crippen molar-refractivity contribution in [2.45, 2.75) is 29.8 Å². The van der Waals surface area contributed by atoms with E-state index in [4.69, 9.17) is 0 Å². The number of aromatic nitrogens is 2. The number of benzene rings is 2. The maximum absolute atomic E-state index is 12.8. The minimum Gasteiger partial charge on any atom is -0.324 e. The van der Waals surface area contributed by atoms with Crippen molar-refractivity contribution in [1.82, 2.24) is 9.78 Å². The molecule has 0 unspecified atom stereocenters. The molecule has 2 aromatic carbocycles. The van der Waals surface area contributed by atoms with Gasteiger partial charge in [-0.3, -0.25) is 9.59 Å². The predicted molar refractivity (Wildman–Crippen MR) is 113 cm³/mol. The molecule has 0 aliphatic carbocycles. The molecule has 1 amide bonds. The first-order valence-corrected chi connectivity index (χ1v) is 11.0. The fourth-order valence-corrected chi connectivity index (χ4v) is 4.04. The highest BCUT2D eigenvalue weighted by Crippen LogP contribution is 2.20. The lowest BCUT2D eigenvalue weighted by molar-refractivity contribution is -0.117. The lowest BCUT2D eigenvalue weighted by Gasteiger charge is -2.09. The number of hydrogen-bond acceptors (Lipinski definition) is 5. The van der Waals surface area contributed by atoms with Crippen LogP contribution in [-0.4, -0.2) is 24.1 Å². The van der Waals surface area contributed by atoms with Crippen molar-refractivity contribution in [3.63, 3.8) is 0 Å². The van der Waals surface area contributed by atoms with Crippen molar-refractivity contribution in [1.29, 1.82) is 0 Å². The Labute approximate surface area is 176 Å². The Morgan fingerprint density at radius 3 is 2.31 bits per heavy atom. The molecule has 0 aliphatic rings. The highest BCUT2D eigenvalue weighted by Gasteiger charge is 2.21. The van der Waals surface area contributed by atoms with Gasteiger partial charge in [0.15, 0.2) is 5.03 Å². The topological polar surface area (TPSA) is 98.1 Å². The van der Waals surface area contributed by atoms with Gasteiger partial charge >= 0.3 is 0 Å². The Hall–Kier alpha value is -2.78. The molecule has 0 radical (unpaired) electrons. The summed E-state index contributed by atoms with van der Waals surface area (Å²) in [5.41, 5.74) is 1.14. The monoisotopic (exact) mass is 475 g/mol. The van der Waals surface area contributed by atoms with Gasteiger partial charge in [0.1, 0.15) is 6.54 Å². The van der Waals surface area contributed by atoms with Gasteiger partial charge in [-0.1, -0.05) is 35.0 Å². The van der Waals surface area contributed by atoms with Crippen LogP contribution >= 0.6 is 15.9 Å². The van der Waals surface area contributed by atoms with Gasteiger partial charge in [0.2, 0.25) is 15.7 Å². The van der Waals surface area contributed by atoms with Gasteiger partial charge in [0.05, 0.1) is 4.90 Å². The second kappa shape index (κ2) is 8.71. The number of carbonyl (C=O) groups excluding carboxylic acids is 1. The first-order chi connectivity index (χ1) is 13.8. The minimum atomic E-state index is -3.92. The maximum Gasteiger partial charge on any atom is 0.267 e. The van der Waals surface area contributed by atoms with Crippen LogP contribution in [0.15, 0.2) is 79.9 Å². The van der Waals surface area contributed by atoms with Crippen LogP contribution in [0, 0.1) is 0 Å². The van der Waals surface area contributed by atoms with Crippen LogP contribution < -0.4 is 10.9 Å². The molecule has 1 aromatic heterocycles. The molecule has 150 valence electrons. The molecule has 3 rings (SSSR count). The molecule has 1 heterocycles. The van der Waals surface area contributed by atoms with Gasteiger partial charge in [-0.05, 0) is 54.4 Å². The second-order valence-corrected chi connectivity index (χ2v) is 9.04. The smallest absolute Gasteiger partial charge is 0.267 e. The molecular weight excluding hydrogens is 458 g/mol. The zero-order chi connectivity index (χ0) is 21.0. The highest BCUT2D eigenvalue weighted by molar-refractivity contribution is 9.10. The third-order valence-electron chi connectivity index (χ3n) is 4.18. The van der Waals surface area contributed by atoms with E-state index in [1.54, 1.807) is 24.3 Å². The molecule has 9 heteroatoms. The summed E-state index contributed by atoms with van der Waals surface area (Å²) >= 11 is 3.25. The van der Waals surface area contributed by atoms with Gasteiger partial charge in [-0.25, -0.2) is 13.1 Å². The van der Waals surface area contributed by atoms with Crippen molar-refractivity contribution in [2.75, 3.05) is 5.32 Å². The van der Waals surface area contributed by atoms with Gasteiger partial charge in [-0.2, -0.15) is 5.10 Å². The maximum atomic E-state index is 12.8. The Morgan fingerprint density at radius 2 is 1.69 bits per heavy atom. The van der Waals surface area contributed by atoms with Crippen LogP contribution in [0.25, 0.3) is 0 Å². The van der Waals surface area contributed by atoms with Crippen molar-refractivity contribution in [3.05, 3.63) is 81.1 Å². The van der Waals surface area contributed by atoms with Crippen molar-refractivity contribution in [2.24, 2.45) is 0 Å². The van der Waals surface area contributed by atoms with Crippen LogP contribution in [0.4, 0.5) is 5.69 Å². The number of nitrogens with one attached hydrogen (secondary N) is 1. The molecular formula is C20H18BrN3O4S. The van der Waals surface area contributed by atoms with E-state index in [0.29, 0.717) is 5.69 Å². The van der Waals surface area contributed by atoms with Crippen LogP contribution in [0.1, 0.15) is 12.5 Å². The average Bonchev–Trinajstić information content (AvgIpc) is 2.70. The second-order valence-electron chi connectivity index (χ2n) is 6.22. The first-order valence-electron chi connectivity index (χ1n) is 8.77. The van der Waals surface area contributed by atoms with E-state index < -0.39 is 27.8 Å². The van der Waals surface area contributed by atoms with E-state index in [9.17, 15) is 18.0 Å². The zero-order valence-electron chi connectivity index (χ0n) is 15.5. The lowest BCUT2D eigenvalue weighted by atomic mass is 10.1. The third kappa shape index (κ3) is 4.99. The summed E-state index contributed by atoms with van der Waals surface area (Å²) in [6.45, 7) is 1.62. The van der Waals surface area contributed by atoms with Crippen molar-refractivity contribution >= 4 is 37.4 Å². The number of anilines is 1. The largest absolute Gasteiger partial charge is 0.324 e. The number of sulfone groups is 1. The molecule has 0 fully saturated rings. The number of carbonyl (C=O) groups is 1. The average molecular weight is 476 g/mol. The summed E-state index contributed by atoms with van der Waals surface area (Å²) in [4.78, 5) is 24.4. The molecule has 0 aliphatic heterocycles. The number of hydrogen-bond donors (Lipinski definition) is 1. The Morgan fingerprint density at radius 1 is 1.03 bits per heavy atom. The SMILES string of the molecule is CCc1ccc(NC(=O)Cn2nc(S(=O)(=O)c3ccc(Br)cc3)ccc2=O)cc1. The van der Waals surface area contributed by atoms with Crippen molar-refractivity contribution in [3.8, 4) is 0 Å². The van der Waals surface area contributed by atoms with E-state index >= 15 is 0 Å². The van der Waals surface area contributed by atoms with Crippen LogP contribution in [-0.2, 0) is 27.6 Å². The van der Waals surface area contributed by atoms with E-state index in [1.165, 1.54) is 12.1 Å². The Bertz CT molecular complexity index is 1190. The van der Waals surface area contributed by atoms with E-state index in [0.717, 1.165) is 33.3 Å². The molecule has 0 saturated heterocycles. The molecule has 3 aromatic rings. The fraction of sp³-hybridized carbons (Fsp3) is 0.150. The fourth-order valence-electron chi connectivity index (χ4n) is 2.58. The normalized spacial score (nSPS) is 11.2. The van der Waals surface area contributed by atoms with Crippen LogP contribution in [0.2, 0.25) is 0 Å². The first kappa shape index (κ1) is 20.9. The lowest BCUT2D eigenvalue weighted by Crippen LogP contribution is -2.30. The summed E-state index contributed by atoms with van der Waals surface area (Å²) in [6, 6.07) is 15.6. The van der Waals surface area contributed by atoms with Gasteiger partial charge < -0.3 is 5.32 Å². The standard InChI is InChI=1S/C20H18BrN3O4S/c1-2-14-3-7-16(8-4-14)22-18(25)13-24-20(26)12-11-19(23-24)29(27,28)17-9-5-15(21)6-10-17/h3-12H,2,13H2,1H3,(H,22,25). The molecule has 1 N–H and O–H groups in total. The molecule has 0 spiro atoms. The highest BCUT2D eigenvalue weighted by atomic mass is 79.9. The zero-order valence-corrected chi connectivity index (χ0v) is 17.9. The van der Waals surface area contributed by atoms with Crippen molar-refractivity contribution < 1.29 is 13.2 Å². The number of rotatable bonds is 6. The van der Waals surface area contributed by atoms with Gasteiger partial charge in [0, 0.05) is 16.2 Å². The summed E-state index contributed by atoms with van der Waals surface area (Å²) in [5.74, 6) is -0.484. The van der Waals surface area contributed by atoms with E-state index in [1.807, 2.05) is 19.1 Å². The molecule has 0 atom stereocenters. The summed E-state index contributed by atoms with van der Waals surface area (Å²) < 4.78 is 27.1. The summed E-state index contributed by atoms with van der Waals surface area (Å²) in [5, 5.41) is 6.26. The number of nitrogens with zero attached hydrogens (tertiary/aromatic N) is 2. The Kier molecular flexibility index (Phi) is 6.29. The van der Waals surface area contributed by atoms with Crippen LogP contribution in [0.5, 0.6) is 0 Å². The van der Waals surface area contributed by atoms with E-state index in [-0.39, 0.29) is 9.92 Å². The van der Waals surface area contributed by atoms with E-state index in [2.05, 4.69) is 26.3 Å². The minimum absolute atomic E-state index is 0.0406. The number of halogens is 1. The van der Waals surface area contributed by atoms with Gasteiger partial charge in [0.25, 0.3) is 5.56 Å². The summed E-state index contributed by atoms with van der Waals surface area (Å²) in [7, 11) is -3.92. The number of amides is 1. The Balaban J connectivity index is 1.82. The summed E-state index contributed by atoms with van der Waals surface area (Å²) in [6.07, 6.45) is 0.882. The molecule has 29 heavy (non-hydrogen) atoms.